The van der Waals surface area contributed by atoms with Crippen LogP contribution in [0.3, 0.4) is 0 Å². The predicted octanol–water partition coefficient (Wildman–Crippen LogP) is 4.37. The van der Waals surface area contributed by atoms with E-state index >= 15 is 0 Å². The first-order chi connectivity index (χ1) is 15.8. The van der Waals surface area contributed by atoms with Gasteiger partial charge in [0.1, 0.15) is 5.54 Å². The predicted molar refractivity (Wildman–Crippen MR) is 126 cm³/mol. The summed E-state index contributed by atoms with van der Waals surface area (Å²) in [5.41, 5.74) is 5.25. The minimum atomic E-state index is -1.06. The van der Waals surface area contributed by atoms with Crippen molar-refractivity contribution in [3.63, 3.8) is 0 Å². The highest BCUT2D eigenvalue weighted by Crippen LogP contribution is 2.40. The fourth-order valence-corrected chi connectivity index (χ4v) is 5.32. The zero-order chi connectivity index (χ0) is 23.3. The van der Waals surface area contributed by atoms with Crippen molar-refractivity contribution in [2.45, 2.75) is 45.6 Å². The van der Waals surface area contributed by atoms with E-state index in [2.05, 4.69) is 5.32 Å². The van der Waals surface area contributed by atoms with Gasteiger partial charge in [-0.2, -0.15) is 0 Å². The lowest BCUT2D eigenvalue weighted by Crippen LogP contribution is -2.46. The summed E-state index contributed by atoms with van der Waals surface area (Å²) in [5, 5.41) is 2.92. The van der Waals surface area contributed by atoms with Crippen LogP contribution < -0.4 is 5.32 Å². The molecule has 1 atom stereocenters. The van der Waals surface area contributed by atoms with Gasteiger partial charge in [-0.15, -0.1) is 0 Å². The van der Waals surface area contributed by atoms with E-state index in [4.69, 9.17) is 0 Å². The summed E-state index contributed by atoms with van der Waals surface area (Å²) in [7, 11) is 0. The lowest BCUT2D eigenvalue weighted by molar-refractivity contribution is -0.131. The van der Waals surface area contributed by atoms with Crippen LogP contribution in [-0.4, -0.2) is 33.7 Å². The number of urea groups is 1. The van der Waals surface area contributed by atoms with Crippen LogP contribution in [0.15, 0.2) is 54.6 Å². The number of carbonyl (C=O) groups excluding carboxylic acids is 3. The zero-order valence-electron chi connectivity index (χ0n) is 19.1. The molecular formula is C27H27N3O3. The van der Waals surface area contributed by atoms with Crippen LogP contribution in [0.5, 0.6) is 0 Å². The number of amides is 3. The second-order valence-corrected chi connectivity index (χ2v) is 9.12. The van der Waals surface area contributed by atoms with Gasteiger partial charge in [0, 0.05) is 22.6 Å². The number of benzene rings is 2. The highest BCUT2D eigenvalue weighted by atomic mass is 16.2. The van der Waals surface area contributed by atoms with Gasteiger partial charge in [0.2, 0.25) is 0 Å². The van der Waals surface area contributed by atoms with Gasteiger partial charge in [0.15, 0.2) is 5.78 Å². The highest BCUT2D eigenvalue weighted by molar-refractivity contribution is 6.12. The Morgan fingerprint density at radius 2 is 1.76 bits per heavy atom. The minimum Gasteiger partial charge on any atom is -0.319 e. The van der Waals surface area contributed by atoms with Crippen LogP contribution >= 0.6 is 0 Å². The average Bonchev–Trinajstić information content (AvgIpc) is 3.23. The number of imide groups is 1. The lowest BCUT2D eigenvalue weighted by atomic mass is 9.76. The van der Waals surface area contributed by atoms with Crippen molar-refractivity contribution >= 4 is 17.7 Å². The maximum Gasteiger partial charge on any atom is 0.325 e. The van der Waals surface area contributed by atoms with Crippen molar-refractivity contribution in [2.24, 2.45) is 0 Å². The van der Waals surface area contributed by atoms with Crippen molar-refractivity contribution in [3.8, 4) is 5.69 Å². The second-order valence-electron chi connectivity index (χ2n) is 9.12. The SMILES string of the molecule is Cc1ccc(-n2c(C)cc(C(=O)CN3C(=O)N[C@@]4(CCCc5ccccc54)C3=O)c2C)cc1. The number of fused-ring (bicyclic) bond motifs is 2. The first-order valence-corrected chi connectivity index (χ1v) is 11.3. The monoisotopic (exact) mass is 441 g/mol. The number of nitrogens with zero attached hydrogens (tertiary/aromatic N) is 2. The molecule has 6 nitrogen and oxygen atoms in total. The number of hydrogen-bond donors (Lipinski definition) is 1. The van der Waals surface area contributed by atoms with Crippen LogP contribution in [0.25, 0.3) is 5.69 Å². The van der Waals surface area contributed by atoms with E-state index in [9.17, 15) is 14.4 Å². The zero-order valence-corrected chi connectivity index (χ0v) is 19.1. The molecule has 1 aliphatic heterocycles. The number of Topliss-reactive ketones (excluding diaryl/α,β-unsaturated/α-hetero) is 1. The number of nitrogens with one attached hydrogen (secondary N) is 1. The molecule has 3 amide bonds. The number of carbonyl (C=O) groups is 3. The first kappa shape index (κ1) is 21.2. The fraction of sp³-hybridized carbons (Fsp3) is 0.296. The summed E-state index contributed by atoms with van der Waals surface area (Å²) in [6.07, 6.45) is 2.23. The molecule has 168 valence electrons. The molecule has 1 N–H and O–H groups in total. The molecule has 5 rings (SSSR count). The van der Waals surface area contributed by atoms with E-state index < -0.39 is 11.6 Å². The number of ketones is 1. The standard InChI is InChI=1S/C27H27N3O3/c1-17-10-12-21(13-11-17)30-18(2)15-22(19(30)3)24(31)16-29-25(32)27(28-26(29)33)14-6-8-20-7-4-5-9-23(20)27/h4-5,7,9-13,15H,6,8,14,16H2,1-3H3,(H,28,33)/t27-/m1/s1. The second kappa shape index (κ2) is 7.73. The van der Waals surface area contributed by atoms with Crippen LogP contribution in [0.2, 0.25) is 0 Å². The quantitative estimate of drug-likeness (QED) is 0.483. The molecule has 2 aromatic carbocycles. The summed E-state index contributed by atoms with van der Waals surface area (Å²) >= 11 is 0. The molecule has 1 aromatic heterocycles. The molecular weight excluding hydrogens is 414 g/mol. The van der Waals surface area contributed by atoms with Crippen molar-refractivity contribution in [3.05, 3.63) is 88.2 Å². The molecule has 0 radical (unpaired) electrons. The number of hydrogen-bond acceptors (Lipinski definition) is 3. The Labute approximate surface area is 193 Å². The Bertz CT molecular complexity index is 1290. The number of rotatable bonds is 4. The molecule has 0 unspecified atom stereocenters. The Morgan fingerprint density at radius 1 is 1.03 bits per heavy atom. The van der Waals surface area contributed by atoms with Gasteiger partial charge >= 0.3 is 6.03 Å². The van der Waals surface area contributed by atoms with Gasteiger partial charge in [-0.3, -0.25) is 14.5 Å². The third-order valence-electron chi connectivity index (χ3n) is 6.98. The topological polar surface area (TPSA) is 71.4 Å². The molecule has 1 aliphatic carbocycles. The normalized spacial score (nSPS) is 19.7. The molecule has 2 aliphatic rings. The van der Waals surface area contributed by atoms with Gasteiger partial charge in [-0.05, 0) is 69.4 Å². The molecule has 2 heterocycles. The molecule has 33 heavy (non-hydrogen) atoms. The van der Waals surface area contributed by atoms with Gasteiger partial charge in [-0.25, -0.2) is 4.79 Å². The summed E-state index contributed by atoms with van der Waals surface area (Å²) in [6, 6.07) is 17.2. The van der Waals surface area contributed by atoms with Crippen molar-refractivity contribution < 1.29 is 14.4 Å². The summed E-state index contributed by atoms with van der Waals surface area (Å²) in [5.74, 6) is -0.577. The lowest BCUT2D eigenvalue weighted by Gasteiger charge is -2.33. The summed E-state index contributed by atoms with van der Waals surface area (Å²) < 4.78 is 2.03. The molecule has 3 aromatic rings. The van der Waals surface area contributed by atoms with Crippen LogP contribution in [0.4, 0.5) is 4.79 Å². The smallest absolute Gasteiger partial charge is 0.319 e. The Morgan fingerprint density at radius 3 is 2.52 bits per heavy atom. The third kappa shape index (κ3) is 3.28. The van der Waals surface area contributed by atoms with Crippen molar-refractivity contribution in [1.29, 1.82) is 0 Å². The highest BCUT2D eigenvalue weighted by Gasteiger charge is 2.54. The van der Waals surface area contributed by atoms with E-state index in [0.717, 1.165) is 51.5 Å². The Balaban J connectivity index is 1.44. The largest absolute Gasteiger partial charge is 0.325 e. The van der Waals surface area contributed by atoms with Gasteiger partial charge in [-0.1, -0.05) is 42.0 Å². The molecule has 1 fully saturated rings. The minimum absolute atomic E-state index is 0.244. The van der Waals surface area contributed by atoms with E-state index in [1.54, 1.807) is 0 Å². The van der Waals surface area contributed by atoms with E-state index in [-0.39, 0.29) is 18.2 Å². The molecule has 6 heteroatoms. The fourth-order valence-electron chi connectivity index (χ4n) is 5.32. The van der Waals surface area contributed by atoms with Crippen molar-refractivity contribution in [2.75, 3.05) is 6.54 Å². The number of aryl methyl sites for hydroxylation is 3. The summed E-state index contributed by atoms with van der Waals surface area (Å²) in [6.45, 7) is 5.60. The van der Waals surface area contributed by atoms with Crippen LogP contribution in [-0.2, 0) is 16.8 Å². The van der Waals surface area contributed by atoms with E-state index in [1.807, 2.05) is 79.9 Å². The van der Waals surface area contributed by atoms with E-state index in [1.165, 1.54) is 0 Å². The van der Waals surface area contributed by atoms with Gasteiger partial charge in [0.25, 0.3) is 5.91 Å². The van der Waals surface area contributed by atoms with Crippen LogP contribution in [0, 0.1) is 20.8 Å². The van der Waals surface area contributed by atoms with Gasteiger partial charge < -0.3 is 9.88 Å². The third-order valence-corrected chi connectivity index (χ3v) is 6.98. The summed E-state index contributed by atoms with van der Waals surface area (Å²) in [4.78, 5) is 40.8. The first-order valence-electron chi connectivity index (χ1n) is 11.3. The molecule has 1 spiro atoms. The van der Waals surface area contributed by atoms with Crippen LogP contribution in [0.1, 0.15) is 51.3 Å². The molecule has 0 bridgehead atoms. The maximum absolute atomic E-state index is 13.5. The van der Waals surface area contributed by atoms with Crippen molar-refractivity contribution in [1.82, 2.24) is 14.8 Å². The Kier molecular flexibility index (Phi) is 4.96. The molecule has 1 saturated heterocycles. The average molecular weight is 442 g/mol. The van der Waals surface area contributed by atoms with Gasteiger partial charge in [0.05, 0.1) is 6.54 Å². The maximum atomic E-state index is 13.5. The molecule has 0 saturated carbocycles. The van der Waals surface area contributed by atoms with E-state index in [0.29, 0.717) is 12.0 Å². The number of aromatic nitrogens is 1. The Hall–Kier alpha value is -3.67.